The Hall–Kier alpha value is -2.64. The molecule has 23 heavy (non-hydrogen) atoms. The van der Waals surface area contributed by atoms with Crippen LogP contribution in [-0.4, -0.2) is 29.3 Å². The third-order valence-corrected chi connectivity index (χ3v) is 2.66. The Kier molecular flexibility index (Phi) is 4.83. The Labute approximate surface area is 130 Å². The quantitative estimate of drug-likeness (QED) is 0.797. The number of ether oxygens (including phenoxy) is 1. The predicted molar refractivity (Wildman–Crippen MR) is 78.3 cm³/mol. The molecule has 1 heterocycles. The van der Waals surface area contributed by atoms with Crippen molar-refractivity contribution < 1.29 is 22.4 Å². The second-order valence-corrected chi connectivity index (χ2v) is 4.83. The van der Waals surface area contributed by atoms with E-state index in [0.717, 1.165) is 5.57 Å². The molecule has 2 rings (SSSR count). The van der Waals surface area contributed by atoms with Gasteiger partial charge in [0.05, 0.1) is 0 Å². The Balaban J connectivity index is 2.22. The first-order valence-electron chi connectivity index (χ1n) is 6.60. The number of aromatic nitrogens is 2. The lowest BCUT2D eigenvalue weighted by Crippen LogP contribution is -2.16. The molecule has 0 amide bonds. The summed E-state index contributed by atoms with van der Waals surface area (Å²) in [6, 6.07) is 5.20. The van der Waals surface area contributed by atoms with Crippen molar-refractivity contribution in [3.05, 3.63) is 41.8 Å². The van der Waals surface area contributed by atoms with Crippen LogP contribution in [0, 0.1) is 0 Å². The van der Waals surface area contributed by atoms with Crippen molar-refractivity contribution in [2.75, 3.05) is 7.05 Å². The predicted octanol–water partition coefficient (Wildman–Crippen LogP) is 4.02. The van der Waals surface area contributed by atoms with Crippen LogP contribution in [0.4, 0.5) is 13.2 Å². The highest BCUT2D eigenvalue weighted by molar-refractivity contribution is 6.05. The molecular weight excluding hydrogens is 311 g/mol. The summed E-state index contributed by atoms with van der Waals surface area (Å²) in [5.74, 6) is 0.173. The summed E-state index contributed by atoms with van der Waals surface area (Å²) in [6.45, 7) is 3.81. The van der Waals surface area contributed by atoms with E-state index in [1.807, 2.05) is 13.8 Å². The van der Waals surface area contributed by atoms with Crippen LogP contribution in [0.15, 0.2) is 45.4 Å². The molecule has 1 aromatic heterocycles. The van der Waals surface area contributed by atoms with Gasteiger partial charge in [-0.3, -0.25) is 4.99 Å². The number of halogens is 3. The number of alkyl halides is 3. The molecule has 0 saturated heterocycles. The largest absolute Gasteiger partial charge is 0.573 e. The molecular formula is C15H14F3N3O2. The molecule has 0 unspecified atom stereocenters. The summed E-state index contributed by atoms with van der Waals surface area (Å²) in [5.41, 5.74) is 2.04. The Morgan fingerprint density at radius 3 is 2.39 bits per heavy atom. The lowest BCUT2D eigenvalue weighted by molar-refractivity contribution is -0.274. The lowest BCUT2D eigenvalue weighted by atomic mass is 10.2. The molecule has 0 radical (unpaired) electrons. The van der Waals surface area contributed by atoms with E-state index >= 15 is 0 Å². The highest BCUT2D eigenvalue weighted by atomic mass is 19.4. The van der Waals surface area contributed by atoms with Crippen LogP contribution in [0.25, 0.3) is 11.4 Å². The van der Waals surface area contributed by atoms with E-state index in [1.165, 1.54) is 24.3 Å². The maximum Gasteiger partial charge on any atom is 0.573 e. The van der Waals surface area contributed by atoms with E-state index in [2.05, 4.69) is 19.9 Å². The van der Waals surface area contributed by atoms with Crippen LogP contribution in [0.2, 0.25) is 0 Å². The Morgan fingerprint density at radius 1 is 1.22 bits per heavy atom. The minimum atomic E-state index is -4.72. The molecule has 0 spiro atoms. The number of benzene rings is 1. The molecule has 122 valence electrons. The highest BCUT2D eigenvalue weighted by Gasteiger charge is 2.31. The standard InChI is InChI=1S/C15H14F3N3O2/c1-9(2)8-12(19-3)14-20-13(21-23-14)10-4-6-11(7-5-10)22-15(16,17)18/h4-8H,1-3H3. The van der Waals surface area contributed by atoms with Crippen molar-refractivity contribution >= 4 is 5.71 Å². The summed E-state index contributed by atoms with van der Waals surface area (Å²) < 4.78 is 45.3. The van der Waals surface area contributed by atoms with Gasteiger partial charge in [-0.2, -0.15) is 4.98 Å². The fourth-order valence-corrected chi connectivity index (χ4v) is 1.75. The molecule has 0 aliphatic carbocycles. The van der Waals surface area contributed by atoms with Crippen LogP contribution >= 0.6 is 0 Å². The molecule has 0 N–H and O–H groups in total. The van der Waals surface area contributed by atoms with Crippen LogP contribution in [0.3, 0.4) is 0 Å². The van der Waals surface area contributed by atoms with Gasteiger partial charge in [-0.1, -0.05) is 10.7 Å². The van der Waals surface area contributed by atoms with Crippen molar-refractivity contribution in [3.63, 3.8) is 0 Å². The minimum Gasteiger partial charge on any atom is -0.406 e. The average Bonchev–Trinajstić information content (AvgIpc) is 2.93. The molecule has 8 heteroatoms. The summed E-state index contributed by atoms with van der Waals surface area (Å²) >= 11 is 0. The number of aliphatic imine (C=N–C) groups is 1. The number of nitrogens with zero attached hydrogens (tertiary/aromatic N) is 3. The van der Waals surface area contributed by atoms with E-state index in [4.69, 9.17) is 4.52 Å². The first kappa shape index (κ1) is 16.7. The third-order valence-electron chi connectivity index (χ3n) is 2.66. The summed E-state index contributed by atoms with van der Waals surface area (Å²) in [7, 11) is 1.60. The maximum absolute atomic E-state index is 12.1. The molecule has 0 bridgehead atoms. The van der Waals surface area contributed by atoms with Gasteiger partial charge in [-0.15, -0.1) is 13.2 Å². The van der Waals surface area contributed by atoms with Gasteiger partial charge in [0.1, 0.15) is 11.5 Å². The number of hydrogen-bond donors (Lipinski definition) is 0. The van der Waals surface area contributed by atoms with Crippen molar-refractivity contribution in [1.82, 2.24) is 10.1 Å². The SMILES string of the molecule is CN=C(C=C(C)C)c1nc(-c2ccc(OC(F)(F)F)cc2)no1. The number of rotatable bonds is 4. The van der Waals surface area contributed by atoms with Crippen molar-refractivity contribution in [3.8, 4) is 17.1 Å². The van der Waals surface area contributed by atoms with Crippen molar-refractivity contribution in [1.29, 1.82) is 0 Å². The van der Waals surface area contributed by atoms with Crippen molar-refractivity contribution in [2.45, 2.75) is 20.2 Å². The summed E-state index contributed by atoms with van der Waals surface area (Å²) in [5, 5.41) is 3.81. The topological polar surface area (TPSA) is 60.5 Å². The zero-order valence-electron chi connectivity index (χ0n) is 12.7. The van der Waals surface area contributed by atoms with Gasteiger partial charge in [0.25, 0.3) is 5.89 Å². The second-order valence-electron chi connectivity index (χ2n) is 4.83. The van der Waals surface area contributed by atoms with Gasteiger partial charge < -0.3 is 9.26 Å². The van der Waals surface area contributed by atoms with Gasteiger partial charge in [-0.05, 0) is 44.2 Å². The fourth-order valence-electron chi connectivity index (χ4n) is 1.75. The normalized spacial score (nSPS) is 12.2. The molecule has 1 aromatic carbocycles. The highest BCUT2D eigenvalue weighted by Crippen LogP contribution is 2.25. The zero-order valence-corrected chi connectivity index (χ0v) is 12.7. The summed E-state index contributed by atoms with van der Waals surface area (Å²) in [4.78, 5) is 8.25. The maximum atomic E-state index is 12.1. The fraction of sp³-hybridized carbons (Fsp3) is 0.267. The number of allylic oxidation sites excluding steroid dienone is 2. The van der Waals surface area contributed by atoms with E-state index < -0.39 is 6.36 Å². The van der Waals surface area contributed by atoms with E-state index in [9.17, 15) is 13.2 Å². The van der Waals surface area contributed by atoms with Crippen molar-refractivity contribution in [2.24, 2.45) is 4.99 Å². The van der Waals surface area contributed by atoms with Gasteiger partial charge >= 0.3 is 6.36 Å². The van der Waals surface area contributed by atoms with Gasteiger partial charge in [-0.25, -0.2) is 0 Å². The molecule has 5 nitrogen and oxygen atoms in total. The monoisotopic (exact) mass is 325 g/mol. The van der Waals surface area contributed by atoms with E-state index in [0.29, 0.717) is 11.3 Å². The lowest BCUT2D eigenvalue weighted by Gasteiger charge is -2.08. The van der Waals surface area contributed by atoms with Gasteiger partial charge in [0.2, 0.25) is 5.82 Å². The molecule has 2 aromatic rings. The second kappa shape index (κ2) is 6.64. The van der Waals surface area contributed by atoms with Crippen LogP contribution < -0.4 is 4.74 Å². The smallest absolute Gasteiger partial charge is 0.406 e. The molecule has 0 aliphatic rings. The molecule has 0 aliphatic heterocycles. The van der Waals surface area contributed by atoms with Gasteiger partial charge in [0, 0.05) is 12.6 Å². The summed E-state index contributed by atoms with van der Waals surface area (Å²) in [6.07, 6.45) is -2.94. The zero-order chi connectivity index (χ0) is 17.0. The van der Waals surface area contributed by atoms with Gasteiger partial charge in [0.15, 0.2) is 0 Å². The number of hydrogen-bond acceptors (Lipinski definition) is 5. The Bertz CT molecular complexity index is 727. The Morgan fingerprint density at radius 2 is 1.87 bits per heavy atom. The van der Waals surface area contributed by atoms with E-state index in [-0.39, 0.29) is 17.5 Å². The first-order valence-corrected chi connectivity index (χ1v) is 6.60. The van der Waals surface area contributed by atoms with Crippen LogP contribution in [-0.2, 0) is 0 Å². The van der Waals surface area contributed by atoms with E-state index in [1.54, 1.807) is 13.1 Å². The molecule has 0 atom stereocenters. The third kappa shape index (κ3) is 4.67. The average molecular weight is 325 g/mol. The van der Waals surface area contributed by atoms with Crippen LogP contribution in [0.5, 0.6) is 5.75 Å². The molecule has 0 saturated carbocycles. The minimum absolute atomic E-state index is 0.235. The first-order chi connectivity index (χ1) is 10.8. The van der Waals surface area contributed by atoms with Crippen LogP contribution in [0.1, 0.15) is 19.7 Å². The molecule has 0 fully saturated rings.